The van der Waals surface area contributed by atoms with Crippen LogP contribution >= 0.6 is 11.3 Å². The number of thiophene rings is 1. The van der Waals surface area contributed by atoms with Crippen molar-refractivity contribution < 1.29 is 9.18 Å². The molecule has 0 bridgehead atoms. The van der Waals surface area contributed by atoms with Crippen molar-refractivity contribution in [2.75, 3.05) is 0 Å². The van der Waals surface area contributed by atoms with E-state index in [0.29, 0.717) is 10.2 Å². The molecule has 0 radical (unpaired) electrons. The van der Waals surface area contributed by atoms with Crippen LogP contribution in [0.25, 0.3) is 21.3 Å². The normalized spacial score (nSPS) is 12.1. The zero-order valence-corrected chi connectivity index (χ0v) is 17.2. The van der Waals surface area contributed by atoms with Gasteiger partial charge in [-0.05, 0) is 30.2 Å². The Hall–Kier alpha value is -3.32. The van der Waals surface area contributed by atoms with E-state index >= 15 is 0 Å². The van der Waals surface area contributed by atoms with Crippen LogP contribution in [-0.2, 0) is 11.3 Å². The molecule has 4 rings (SSSR count). The first kappa shape index (κ1) is 20.0. The number of benzene rings is 2. The van der Waals surface area contributed by atoms with Crippen LogP contribution in [-0.4, -0.2) is 15.5 Å². The van der Waals surface area contributed by atoms with Crippen LogP contribution < -0.4 is 10.9 Å². The molecule has 2 heterocycles. The predicted octanol–water partition coefficient (Wildman–Crippen LogP) is 4.53. The number of hydrogen-bond donors (Lipinski definition) is 1. The first-order chi connectivity index (χ1) is 14.5. The van der Waals surface area contributed by atoms with Crippen LogP contribution in [0.3, 0.4) is 0 Å². The third-order valence-corrected chi connectivity index (χ3v) is 5.86. The van der Waals surface area contributed by atoms with Crippen LogP contribution in [0.5, 0.6) is 0 Å². The summed E-state index contributed by atoms with van der Waals surface area (Å²) < 4.78 is 14.7. The standard InChI is InChI=1S/C23H20FN3O2S/c1-15(16-5-3-2-4-6-16)26-20(28)11-12-27-14-25-22-21(23(27)29)19(13-30-22)17-7-9-18(24)10-8-17/h2-10,13-15H,11-12H2,1H3,(H,26,28)/t15-/m0/s1. The van der Waals surface area contributed by atoms with E-state index in [4.69, 9.17) is 0 Å². The lowest BCUT2D eigenvalue weighted by molar-refractivity contribution is -0.121. The highest BCUT2D eigenvalue weighted by Gasteiger charge is 2.15. The molecule has 1 N–H and O–H groups in total. The van der Waals surface area contributed by atoms with Gasteiger partial charge < -0.3 is 5.32 Å². The van der Waals surface area contributed by atoms with E-state index in [1.165, 1.54) is 34.4 Å². The smallest absolute Gasteiger partial charge is 0.262 e. The Labute approximate surface area is 176 Å². The summed E-state index contributed by atoms with van der Waals surface area (Å²) in [5.74, 6) is -0.466. The van der Waals surface area contributed by atoms with Gasteiger partial charge in [0, 0.05) is 23.9 Å². The third kappa shape index (κ3) is 4.16. The van der Waals surface area contributed by atoms with Crippen molar-refractivity contribution >= 4 is 27.5 Å². The maximum atomic E-state index is 13.2. The molecule has 0 saturated heterocycles. The first-order valence-corrected chi connectivity index (χ1v) is 10.5. The number of hydrogen-bond acceptors (Lipinski definition) is 4. The number of fused-ring (bicyclic) bond motifs is 1. The van der Waals surface area contributed by atoms with Crippen molar-refractivity contribution in [3.05, 3.63) is 88.0 Å². The Bertz CT molecular complexity index is 1230. The van der Waals surface area contributed by atoms with Gasteiger partial charge in [0.25, 0.3) is 5.56 Å². The fraction of sp³-hybridized carbons (Fsp3) is 0.174. The van der Waals surface area contributed by atoms with Crippen molar-refractivity contribution in [1.29, 1.82) is 0 Å². The summed E-state index contributed by atoms with van der Waals surface area (Å²) in [6.07, 6.45) is 1.64. The molecule has 30 heavy (non-hydrogen) atoms. The molecule has 1 amide bonds. The molecule has 0 fully saturated rings. The number of amides is 1. The van der Waals surface area contributed by atoms with Crippen LogP contribution in [0.1, 0.15) is 24.9 Å². The highest BCUT2D eigenvalue weighted by atomic mass is 32.1. The largest absolute Gasteiger partial charge is 0.350 e. The minimum absolute atomic E-state index is 0.113. The molecule has 4 aromatic rings. The van der Waals surface area contributed by atoms with Crippen molar-refractivity contribution in [2.45, 2.75) is 25.9 Å². The number of nitrogens with zero attached hydrogens (tertiary/aromatic N) is 2. The Morgan fingerprint density at radius 1 is 1.17 bits per heavy atom. The molecule has 2 aromatic heterocycles. The Kier molecular flexibility index (Phi) is 5.72. The molecular formula is C23H20FN3O2S. The molecule has 2 aromatic carbocycles. The number of nitrogens with one attached hydrogen (secondary N) is 1. The summed E-state index contributed by atoms with van der Waals surface area (Å²) in [7, 11) is 0. The molecule has 0 aliphatic carbocycles. The van der Waals surface area contributed by atoms with Crippen LogP contribution in [0.15, 0.2) is 71.1 Å². The van der Waals surface area contributed by atoms with E-state index < -0.39 is 0 Å². The molecule has 0 aliphatic rings. The lowest BCUT2D eigenvalue weighted by atomic mass is 10.1. The number of carbonyl (C=O) groups is 1. The van der Waals surface area contributed by atoms with E-state index in [0.717, 1.165) is 16.7 Å². The summed E-state index contributed by atoms with van der Waals surface area (Å²) in [4.78, 5) is 30.4. The molecule has 5 nitrogen and oxygen atoms in total. The fourth-order valence-corrected chi connectivity index (χ4v) is 4.24. The molecule has 1 atom stereocenters. The van der Waals surface area contributed by atoms with Gasteiger partial charge in [0.15, 0.2) is 0 Å². The van der Waals surface area contributed by atoms with Crippen LogP contribution in [0, 0.1) is 5.82 Å². The second kappa shape index (κ2) is 8.59. The molecule has 0 unspecified atom stereocenters. The third-order valence-electron chi connectivity index (χ3n) is 4.97. The highest BCUT2D eigenvalue weighted by molar-refractivity contribution is 7.17. The van der Waals surface area contributed by atoms with Crippen LogP contribution in [0.4, 0.5) is 4.39 Å². The monoisotopic (exact) mass is 421 g/mol. The predicted molar refractivity (Wildman–Crippen MR) is 117 cm³/mol. The summed E-state index contributed by atoms with van der Waals surface area (Å²) in [5, 5.41) is 5.30. The van der Waals surface area contributed by atoms with Gasteiger partial charge in [0.05, 0.1) is 17.8 Å². The van der Waals surface area contributed by atoms with Gasteiger partial charge in [-0.25, -0.2) is 9.37 Å². The number of rotatable bonds is 6. The van der Waals surface area contributed by atoms with E-state index in [-0.39, 0.29) is 36.3 Å². The van der Waals surface area contributed by atoms with Crippen molar-refractivity contribution in [3.8, 4) is 11.1 Å². The Balaban J connectivity index is 1.51. The van der Waals surface area contributed by atoms with Gasteiger partial charge in [-0.3, -0.25) is 14.2 Å². The average Bonchev–Trinajstić information content (AvgIpc) is 3.19. The van der Waals surface area contributed by atoms with Gasteiger partial charge in [-0.15, -0.1) is 11.3 Å². The molecule has 0 spiro atoms. The van der Waals surface area contributed by atoms with E-state index in [1.807, 2.05) is 42.6 Å². The number of halogens is 1. The maximum Gasteiger partial charge on any atom is 0.262 e. The zero-order chi connectivity index (χ0) is 21.1. The molecule has 152 valence electrons. The number of aromatic nitrogens is 2. The Morgan fingerprint density at radius 2 is 1.90 bits per heavy atom. The summed E-state index contributed by atoms with van der Waals surface area (Å²) >= 11 is 1.37. The summed E-state index contributed by atoms with van der Waals surface area (Å²) in [6.45, 7) is 2.15. The lowest BCUT2D eigenvalue weighted by Crippen LogP contribution is -2.29. The van der Waals surface area contributed by atoms with Crippen molar-refractivity contribution in [1.82, 2.24) is 14.9 Å². The molecule has 7 heteroatoms. The summed E-state index contributed by atoms with van der Waals surface area (Å²) in [5.41, 5.74) is 2.30. The second-order valence-corrected chi connectivity index (χ2v) is 7.89. The van der Waals surface area contributed by atoms with Gasteiger partial charge in [0.2, 0.25) is 5.91 Å². The molecule has 0 saturated carbocycles. The van der Waals surface area contributed by atoms with Gasteiger partial charge in [-0.1, -0.05) is 42.5 Å². The maximum absolute atomic E-state index is 13.2. The van der Waals surface area contributed by atoms with Gasteiger partial charge in [-0.2, -0.15) is 0 Å². The highest BCUT2D eigenvalue weighted by Crippen LogP contribution is 2.30. The first-order valence-electron chi connectivity index (χ1n) is 9.60. The molecular weight excluding hydrogens is 401 g/mol. The van der Waals surface area contributed by atoms with E-state index in [9.17, 15) is 14.0 Å². The van der Waals surface area contributed by atoms with Crippen molar-refractivity contribution in [3.63, 3.8) is 0 Å². The SMILES string of the molecule is C[C@H](NC(=O)CCn1cnc2scc(-c3ccc(F)cc3)c2c1=O)c1ccccc1. The van der Waals surface area contributed by atoms with E-state index in [1.54, 1.807) is 12.1 Å². The average molecular weight is 421 g/mol. The molecule has 0 aliphatic heterocycles. The fourth-order valence-electron chi connectivity index (χ4n) is 3.33. The quantitative estimate of drug-likeness (QED) is 0.497. The second-order valence-electron chi connectivity index (χ2n) is 7.03. The number of carbonyl (C=O) groups excluding carboxylic acids is 1. The zero-order valence-electron chi connectivity index (χ0n) is 16.3. The minimum atomic E-state index is -0.329. The lowest BCUT2D eigenvalue weighted by Gasteiger charge is -2.14. The Morgan fingerprint density at radius 3 is 2.63 bits per heavy atom. The topological polar surface area (TPSA) is 64.0 Å². The van der Waals surface area contributed by atoms with Crippen LogP contribution in [0.2, 0.25) is 0 Å². The van der Waals surface area contributed by atoms with E-state index in [2.05, 4.69) is 10.3 Å². The van der Waals surface area contributed by atoms with Gasteiger partial charge in [0.1, 0.15) is 10.6 Å². The number of aryl methyl sites for hydroxylation is 1. The van der Waals surface area contributed by atoms with Gasteiger partial charge >= 0.3 is 0 Å². The van der Waals surface area contributed by atoms with Crippen molar-refractivity contribution in [2.24, 2.45) is 0 Å². The summed E-state index contributed by atoms with van der Waals surface area (Å²) in [6, 6.07) is 15.6. The minimum Gasteiger partial charge on any atom is -0.350 e.